The maximum Gasteiger partial charge on any atom is 0.223 e. The van der Waals surface area contributed by atoms with Gasteiger partial charge in [0.15, 0.2) is 11.6 Å². The van der Waals surface area contributed by atoms with Gasteiger partial charge in [-0.15, -0.1) is 0 Å². The van der Waals surface area contributed by atoms with Gasteiger partial charge in [0.05, 0.1) is 18.6 Å². The number of hydrogen-bond donors (Lipinski definition) is 2. The molecule has 0 aromatic carbocycles. The molecule has 0 saturated heterocycles. The van der Waals surface area contributed by atoms with Crippen LogP contribution >= 0.6 is 0 Å². The van der Waals surface area contributed by atoms with E-state index >= 15 is 0 Å². The van der Waals surface area contributed by atoms with E-state index in [1.165, 1.54) is 4.90 Å². The summed E-state index contributed by atoms with van der Waals surface area (Å²) in [6.45, 7) is 9.65. The van der Waals surface area contributed by atoms with Crippen molar-refractivity contribution in [2.24, 2.45) is 11.7 Å². The van der Waals surface area contributed by atoms with Gasteiger partial charge >= 0.3 is 0 Å². The second kappa shape index (κ2) is 12.1. The van der Waals surface area contributed by atoms with Gasteiger partial charge in [-0.2, -0.15) is 0 Å². The highest BCUT2D eigenvalue weighted by atomic mass is 16.2. The van der Waals surface area contributed by atoms with Gasteiger partial charge in [0.2, 0.25) is 5.91 Å². The number of nitrogens with zero attached hydrogens (tertiary/aromatic N) is 2. The fourth-order valence-electron chi connectivity index (χ4n) is 2.35. The molecule has 0 rings (SSSR count). The van der Waals surface area contributed by atoms with Gasteiger partial charge in [-0.1, -0.05) is 20.3 Å². The highest BCUT2D eigenvalue weighted by molar-refractivity contribution is 5.93. The van der Waals surface area contributed by atoms with Crippen LogP contribution < -0.4 is 11.1 Å². The Morgan fingerprint density at radius 3 is 2.31 bits per heavy atom. The summed E-state index contributed by atoms with van der Waals surface area (Å²) < 4.78 is 0. The molecule has 0 fully saturated rings. The van der Waals surface area contributed by atoms with Crippen LogP contribution in [0.1, 0.15) is 47.0 Å². The predicted octanol–water partition coefficient (Wildman–Crippen LogP) is 0.668. The Labute approximate surface area is 158 Å². The average molecular weight is 371 g/mol. The second-order valence-corrected chi connectivity index (χ2v) is 7.55. The minimum absolute atomic E-state index is 0.0124. The van der Waals surface area contributed by atoms with Gasteiger partial charge in [-0.3, -0.25) is 19.3 Å². The van der Waals surface area contributed by atoms with Crippen LogP contribution in [0.2, 0.25) is 0 Å². The minimum atomic E-state index is -0.831. The lowest BCUT2D eigenvalue weighted by Gasteiger charge is -2.35. The van der Waals surface area contributed by atoms with Crippen molar-refractivity contribution in [1.29, 1.82) is 0 Å². The molecule has 0 aromatic heterocycles. The standard InChI is InChI=1S/C19H38N4O3/c1-7-8-11-21-12-15(2)16(24)13-23(6)19(3,4)17(25)14-22(5)18(26)9-10-20/h15,21H,7-14,20H2,1-6H3. The Morgan fingerprint density at radius 1 is 1.15 bits per heavy atom. The van der Waals surface area contributed by atoms with Crippen molar-refractivity contribution >= 4 is 17.5 Å². The fraction of sp³-hybridized carbons (Fsp3) is 0.842. The van der Waals surface area contributed by atoms with Crippen molar-refractivity contribution in [2.75, 3.05) is 46.8 Å². The van der Waals surface area contributed by atoms with E-state index in [0.717, 1.165) is 19.4 Å². The Morgan fingerprint density at radius 2 is 1.77 bits per heavy atom. The fourth-order valence-corrected chi connectivity index (χ4v) is 2.35. The molecule has 0 bridgehead atoms. The van der Waals surface area contributed by atoms with Gasteiger partial charge in [0.1, 0.15) is 0 Å². The summed E-state index contributed by atoms with van der Waals surface area (Å²) in [4.78, 5) is 40.0. The van der Waals surface area contributed by atoms with Crippen LogP contribution in [0.4, 0.5) is 0 Å². The van der Waals surface area contributed by atoms with Crippen molar-refractivity contribution in [2.45, 2.75) is 52.5 Å². The van der Waals surface area contributed by atoms with E-state index in [1.54, 1.807) is 32.8 Å². The quantitative estimate of drug-likeness (QED) is 0.436. The third kappa shape index (κ3) is 8.38. The molecule has 0 aromatic rings. The zero-order valence-electron chi connectivity index (χ0n) is 17.4. The van der Waals surface area contributed by atoms with Crippen LogP contribution in [0.5, 0.6) is 0 Å². The molecule has 0 heterocycles. The van der Waals surface area contributed by atoms with Crippen LogP contribution in [0.3, 0.4) is 0 Å². The number of nitrogens with two attached hydrogens (primary N) is 1. The maximum absolute atomic E-state index is 12.6. The number of rotatable bonds is 14. The molecule has 0 saturated carbocycles. The third-order valence-electron chi connectivity index (χ3n) is 4.90. The second-order valence-electron chi connectivity index (χ2n) is 7.55. The van der Waals surface area contributed by atoms with Crippen LogP contribution in [-0.2, 0) is 14.4 Å². The molecule has 0 spiro atoms. The molecular formula is C19H38N4O3. The number of Topliss-reactive ketones (excluding diaryl/α,β-unsaturated/α-hetero) is 2. The van der Waals surface area contributed by atoms with Crippen molar-refractivity contribution in [3.05, 3.63) is 0 Å². The van der Waals surface area contributed by atoms with E-state index in [2.05, 4.69) is 12.2 Å². The van der Waals surface area contributed by atoms with Gasteiger partial charge < -0.3 is 16.0 Å². The van der Waals surface area contributed by atoms with Crippen LogP contribution in [0, 0.1) is 5.92 Å². The Hall–Kier alpha value is -1.31. The van der Waals surface area contributed by atoms with Crippen molar-refractivity contribution < 1.29 is 14.4 Å². The van der Waals surface area contributed by atoms with Gasteiger partial charge in [-0.05, 0) is 33.9 Å². The maximum atomic E-state index is 12.6. The molecule has 7 heteroatoms. The summed E-state index contributed by atoms with van der Waals surface area (Å²) in [6.07, 6.45) is 2.44. The van der Waals surface area contributed by atoms with Crippen molar-refractivity contribution in [3.63, 3.8) is 0 Å². The number of carbonyl (C=O) groups excluding carboxylic acids is 3. The third-order valence-corrected chi connectivity index (χ3v) is 4.90. The highest BCUT2D eigenvalue weighted by Crippen LogP contribution is 2.15. The molecule has 1 unspecified atom stereocenters. The number of hydrogen-bond acceptors (Lipinski definition) is 6. The Balaban J connectivity index is 4.59. The lowest BCUT2D eigenvalue weighted by Crippen LogP contribution is -2.54. The number of nitrogens with one attached hydrogen (secondary N) is 1. The number of amides is 1. The van der Waals surface area contributed by atoms with E-state index < -0.39 is 5.54 Å². The first-order valence-electron chi connectivity index (χ1n) is 9.49. The Kier molecular flexibility index (Phi) is 11.5. The van der Waals surface area contributed by atoms with E-state index in [-0.39, 0.29) is 49.4 Å². The largest absolute Gasteiger partial charge is 0.338 e. The predicted molar refractivity (Wildman–Crippen MR) is 105 cm³/mol. The molecular weight excluding hydrogens is 332 g/mol. The van der Waals surface area contributed by atoms with Crippen molar-refractivity contribution in [3.8, 4) is 0 Å². The molecule has 26 heavy (non-hydrogen) atoms. The highest BCUT2D eigenvalue weighted by Gasteiger charge is 2.34. The van der Waals surface area contributed by atoms with Gasteiger partial charge in [0.25, 0.3) is 0 Å². The summed E-state index contributed by atoms with van der Waals surface area (Å²) in [5.41, 5.74) is 4.55. The number of carbonyl (C=O) groups is 3. The van der Waals surface area contributed by atoms with Crippen molar-refractivity contribution in [1.82, 2.24) is 15.1 Å². The molecule has 1 atom stereocenters. The monoisotopic (exact) mass is 370 g/mol. The average Bonchev–Trinajstić information content (AvgIpc) is 2.58. The van der Waals surface area contributed by atoms with Crippen LogP contribution in [0.15, 0.2) is 0 Å². The molecule has 7 nitrogen and oxygen atoms in total. The number of unbranched alkanes of at least 4 members (excludes halogenated alkanes) is 1. The zero-order valence-corrected chi connectivity index (χ0v) is 17.4. The van der Waals surface area contributed by atoms with Gasteiger partial charge in [-0.25, -0.2) is 0 Å². The summed E-state index contributed by atoms with van der Waals surface area (Å²) in [5.74, 6) is -0.254. The SMILES string of the molecule is CCCCNCC(C)C(=O)CN(C)C(C)(C)C(=O)CN(C)C(=O)CCN. The molecule has 0 radical (unpaired) electrons. The lowest BCUT2D eigenvalue weighted by molar-refractivity contribution is -0.138. The van der Waals surface area contributed by atoms with Crippen LogP contribution in [0.25, 0.3) is 0 Å². The minimum Gasteiger partial charge on any atom is -0.338 e. The molecule has 1 amide bonds. The van der Waals surface area contributed by atoms with E-state index in [0.29, 0.717) is 6.54 Å². The van der Waals surface area contributed by atoms with Crippen LogP contribution in [-0.4, -0.2) is 79.6 Å². The molecule has 152 valence electrons. The number of likely N-dealkylation sites (N-methyl/N-ethyl adjacent to an activating group) is 2. The van der Waals surface area contributed by atoms with E-state index in [4.69, 9.17) is 5.73 Å². The summed E-state index contributed by atoms with van der Waals surface area (Å²) in [5, 5.41) is 3.29. The lowest BCUT2D eigenvalue weighted by atomic mass is 9.95. The first kappa shape index (κ1) is 24.7. The summed E-state index contributed by atoms with van der Waals surface area (Å²) in [6, 6.07) is 0. The summed E-state index contributed by atoms with van der Waals surface area (Å²) >= 11 is 0. The first-order chi connectivity index (χ1) is 12.1. The first-order valence-corrected chi connectivity index (χ1v) is 9.49. The number of ketones is 2. The Bertz CT molecular complexity index is 466. The molecule has 0 aliphatic carbocycles. The van der Waals surface area contributed by atoms with E-state index in [1.807, 2.05) is 6.92 Å². The topological polar surface area (TPSA) is 95.7 Å². The smallest absolute Gasteiger partial charge is 0.223 e. The zero-order chi connectivity index (χ0) is 20.3. The summed E-state index contributed by atoms with van der Waals surface area (Å²) in [7, 11) is 3.37. The van der Waals surface area contributed by atoms with Gasteiger partial charge in [0, 0.05) is 32.5 Å². The molecule has 0 aliphatic rings. The molecule has 3 N–H and O–H groups in total. The normalized spacial score (nSPS) is 12.9. The van der Waals surface area contributed by atoms with E-state index in [9.17, 15) is 14.4 Å². The molecule has 0 aliphatic heterocycles.